The van der Waals surface area contributed by atoms with E-state index in [4.69, 9.17) is 21.1 Å². The lowest BCUT2D eigenvalue weighted by molar-refractivity contribution is 0.469. The third-order valence-electron chi connectivity index (χ3n) is 4.52. The Bertz CT molecular complexity index is 1110. The van der Waals surface area contributed by atoms with Gasteiger partial charge in [-0.25, -0.2) is 0 Å². The van der Waals surface area contributed by atoms with Gasteiger partial charge in [-0.1, -0.05) is 49.7 Å². The highest BCUT2D eigenvalue weighted by Gasteiger charge is 2.08. The molecule has 140 valence electrons. The van der Waals surface area contributed by atoms with Crippen LogP contribution in [0, 0.1) is 0 Å². The van der Waals surface area contributed by atoms with Crippen LogP contribution in [0.4, 0.5) is 0 Å². The highest BCUT2D eigenvalue weighted by molar-refractivity contribution is 6.32. The Morgan fingerprint density at radius 3 is 2.14 bits per heavy atom. The van der Waals surface area contributed by atoms with Gasteiger partial charge in [-0.05, 0) is 58.7 Å². The largest absolute Gasteiger partial charge is 0.457 e. The van der Waals surface area contributed by atoms with Gasteiger partial charge < -0.3 is 9.47 Å². The summed E-state index contributed by atoms with van der Waals surface area (Å²) in [7, 11) is 0. The fourth-order valence-electron chi connectivity index (χ4n) is 2.96. The average Bonchev–Trinajstić information content (AvgIpc) is 2.70. The van der Waals surface area contributed by atoms with E-state index >= 15 is 0 Å². The van der Waals surface area contributed by atoms with Gasteiger partial charge in [0.15, 0.2) is 0 Å². The third kappa shape index (κ3) is 4.10. The van der Waals surface area contributed by atoms with E-state index in [1.807, 2.05) is 24.3 Å². The molecular formula is C24H20ClNO2. The maximum absolute atomic E-state index is 6.40. The lowest BCUT2D eigenvalue weighted by Gasteiger charge is -2.12. The summed E-state index contributed by atoms with van der Waals surface area (Å²) >= 11 is 6.40. The van der Waals surface area contributed by atoms with E-state index in [-0.39, 0.29) is 0 Å². The van der Waals surface area contributed by atoms with Crippen LogP contribution in [0.5, 0.6) is 23.0 Å². The zero-order chi connectivity index (χ0) is 19.5. The van der Waals surface area contributed by atoms with Crippen molar-refractivity contribution < 1.29 is 9.47 Å². The van der Waals surface area contributed by atoms with Crippen molar-refractivity contribution in [1.29, 1.82) is 0 Å². The molecule has 3 nitrogen and oxygen atoms in total. The van der Waals surface area contributed by atoms with E-state index in [9.17, 15) is 0 Å². The van der Waals surface area contributed by atoms with Crippen molar-refractivity contribution >= 4 is 22.4 Å². The summed E-state index contributed by atoms with van der Waals surface area (Å²) in [5.74, 6) is 3.18. The summed E-state index contributed by atoms with van der Waals surface area (Å²) in [6.45, 7) is 4.39. The van der Waals surface area contributed by atoms with Crippen LogP contribution < -0.4 is 9.47 Å². The van der Waals surface area contributed by atoms with Crippen molar-refractivity contribution in [2.45, 2.75) is 19.8 Å². The molecule has 0 saturated carbocycles. The van der Waals surface area contributed by atoms with E-state index in [0.29, 0.717) is 28.2 Å². The topological polar surface area (TPSA) is 31.4 Å². The highest BCUT2D eigenvalue weighted by Crippen LogP contribution is 2.35. The summed E-state index contributed by atoms with van der Waals surface area (Å²) in [6, 6.07) is 21.5. The van der Waals surface area contributed by atoms with Gasteiger partial charge in [0.25, 0.3) is 0 Å². The SMILES string of the molecule is CC(C)c1ccc2cc(Oc3ccc(Oc4ccncc4)cc3Cl)ccc2c1. The number of halogens is 1. The Kier molecular flexibility index (Phi) is 5.18. The molecule has 0 N–H and O–H groups in total. The molecule has 0 unspecified atom stereocenters. The smallest absolute Gasteiger partial charge is 0.146 e. The van der Waals surface area contributed by atoms with Gasteiger partial charge >= 0.3 is 0 Å². The van der Waals surface area contributed by atoms with Crippen LogP contribution in [0.15, 0.2) is 79.1 Å². The first-order valence-electron chi connectivity index (χ1n) is 9.17. The molecule has 0 aliphatic carbocycles. The second kappa shape index (κ2) is 7.91. The number of ether oxygens (including phenoxy) is 2. The molecule has 1 heterocycles. The molecule has 0 radical (unpaired) electrons. The zero-order valence-electron chi connectivity index (χ0n) is 15.7. The number of pyridine rings is 1. The molecule has 0 aliphatic rings. The Balaban J connectivity index is 1.54. The maximum Gasteiger partial charge on any atom is 0.146 e. The summed E-state index contributed by atoms with van der Waals surface area (Å²) in [6.07, 6.45) is 3.36. The van der Waals surface area contributed by atoms with Crippen molar-refractivity contribution in [2.24, 2.45) is 0 Å². The fraction of sp³-hybridized carbons (Fsp3) is 0.125. The van der Waals surface area contributed by atoms with Crippen molar-refractivity contribution in [3.05, 3.63) is 89.7 Å². The van der Waals surface area contributed by atoms with Gasteiger partial charge in [-0.3, -0.25) is 4.98 Å². The van der Waals surface area contributed by atoms with Gasteiger partial charge in [-0.2, -0.15) is 0 Å². The molecule has 0 bridgehead atoms. The summed E-state index contributed by atoms with van der Waals surface area (Å²) in [4.78, 5) is 3.97. The molecule has 4 aromatic rings. The van der Waals surface area contributed by atoms with Gasteiger partial charge in [0, 0.05) is 18.5 Å². The third-order valence-corrected chi connectivity index (χ3v) is 4.81. The molecule has 0 atom stereocenters. The predicted octanol–water partition coefficient (Wildman–Crippen LogP) is 7.60. The number of benzene rings is 3. The van der Waals surface area contributed by atoms with E-state index in [0.717, 1.165) is 11.1 Å². The van der Waals surface area contributed by atoms with Crippen LogP contribution >= 0.6 is 11.6 Å². The Hall–Kier alpha value is -3.04. The van der Waals surface area contributed by atoms with Crippen molar-refractivity contribution in [3.8, 4) is 23.0 Å². The average molecular weight is 390 g/mol. The van der Waals surface area contributed by atoms with Gasteiger partial charge in [0.05, 0.1) is 5.02 Å². The number of fused-ring (bicyclic) bond motifs is 1. The number of hydrogen-bond donors (Lipinski definition) is 0. The molecule has 4 heteroatoms. The Morgan fingerprint density at radius 2 is 1.39 bits per heavy atom. The second-order valence-corrected chi connectivity index (χ2v) is 7.31. The molecule has 3 aromatic carbocycles. The van der Waals surface area contributed by atoms with Gasteiger partial charge in [-0.15, -0.1) is 0 Å². The van der Waals surface area contributed by atoms with Crippen LogP contribution in [-0.2, 0) is 0 Å². The molecule has 0 aliphatic heterocycles. The molecule has 1 aromatic heterocycles. The first kappa shape index (κ1) is 18.3. The fourth-order valence-corrected chi connectivity index (χ4v) is 3.17. The normalized spacial score (nSPS) is 11.0. The van der Waals surface area contributed by atoms with Gasteiger partial charge in [0.1, 0.15) is 23.0 Å². The van der Waals surface area contributed by atoms with E-state index in [2.05, 4.69) is 43.1 Å². The lowest BCUT2D eigenvalue weighted by Crippen LogP contribution is -1.89. The van der Waals surface area contributed by atoms with E-state index < -0.39 is 0 Å². The summed E-state index contributed by atoms with van der Waals surface area (Å²) in [5, 5.41) is 2.82. The lowest BCUT2D eigenvalue weighted by atomic mass is 9.99. The van der Waals surface area contributed by atoms with Crippen molar-refractivity contribution in [3.63, 3.8) is 0 Å². The van der Waals surface area contributed by atoms with Crippen LogP contribution in [0.3, 0.4) is 0 Å². The van der Waals surface area contributed by atoms with Crippen LogP contribution in [0.25, 0.3) is 10.8 Å². The minimum Gasteiger partial charge on any atom is -0.457 e. The van der Waals surface area contributed by atoms with Crippen LogP contribution in [0.2, 0.25) is 5.02 Å². The van der Waals surface area contributed by atoms with Crippen molar-refractivity contribution in [1.82, 2.24) is 4.98 Å². The minimum atomic E-state index is 0.488. The highest BCUT2D eigenvalue weighted by atomic mass is 35.5. The molecule has 0 amide bonds. The second-order valence-electron chi connectivity index (χ2n) is 6.90. The summed E-state index contributed by atoms with van der Waals surface area (Å²) < 4.78 is 11.8. The van der Waals surface area contributed by atoms with Gasteiger partial charge in [0.2, 0.25) is 0 Å². The predicted molar refractivity (Wildman–Crippen MR) is 114 cm³/mol. The summed E-state index contributed by atoms with van der Waals surface area (Å²) in [5.41, 5.74) is 1.33. The van der Waals surface area contributed by atoms with E-state index in [1.165, 1.54) is 10.9 Å². The number of nitrogens with zero attached hydrogens (tertiary/aromatic N) is 1. The standard InChI is InChI=1S/C24H20ClNO2/c1-16(2)17-3-4-19-14-21(6-5-18(19)13-17)28-24-8-7-22(15-23(24)25)27-20-9-11-26-12-10-20/h3-16H,1-2H3. The number of aromatic nitrogens is 1. The maximum atomic E-state index is 6.40. The molecule has 0 saturated heterocycles. The monoisotopic (exact) mass is 389 g/mol. The zero-order valence-corrected chi connectivity index (χ0v) is 16.5. The van der Waals surface area contributed by atoms with Crippen LogP contribution in [-0.4, -0.2) is 4.98 Å². The van der Waals surface area contributed by atoms with E-state index in [1.54, 1.807) is 30.6 Å². The quantitative estimate of drug-likeness (QED) is 0.352. The first-order chi connectivity index (χ1) is 13.6. The molecule has 0 spiro atoms. The molecule has 4 rings (SSSR count). The Labute approximate surface area is 169 Å². The molecular weight excluding hydrogens is 370 g/mol. The van der Waals surface area contributed by atoms with Crippen molar-refractivity contribution in [2.75, 3.05) is 0 Å². The van der Waals surface area contributed by atoms with Crippen LogP contribution in [0.1, 0.15) is 25.3 Å². The number of hydrogen-bond acceptors (Lipinski definition) is 3. The molecule has 28 heavy (non-hydrogen) atoms. The molecule has 0 fully saturated rings. The first-order valence-corrected chi connectivity index (χ1v) is 9.55. The number of rotatable bonds is 5. The minimum absolute atomic E-state index is 0.488. The Morgan fingerprint density at radius 1 is 0.714 bits per heavy atom.